The van der Waals surface area contributed by atoms with Crippen molar-refractivity contribution in [2.75, 3.05) is 39.4 Å². The van der Waals surface area contributed by atoms with Gasteiger partial charge in [-0.05, 0) is 110 Å². The summed E-state index contributed by atoms with van der Waals surface area (Å²) in [5.41, 5.74) is 3.45. The van der Waals surface area contributed by atoms with Crippen molar-refractivity contribution in [3.8, 4) is 0 Å². The zero-order chi connectivity index (χ0) is 30.8. The highest BCUT2D eigenvalue weighted by Crippen LogP contribution is 2.75. The molecule has 42 heavy (non-hydrogen) atoms. The highest BCUT2D eigenvalue weighted by Gasteiger charge is 2.68. The van der Waals surface area contributed by atoms with Crippen molar-refractivity contribution in [1.82, 2.24) is 10.2 Å². The van der Waals surface area contributed by atoms with Gasteiger partial charge in [0, 0.05) is 26.2 Å². The van der Waals surface area contributed by atoms with Gasteiger partial charge in [-0.25, -0.2) is 0 Å². The summed E-state index contributed by atoms with van der Waals surface area (Å²) in [5.74, 6) is 1.41. The van der Waals surface area contributed by atoms with E-state index in [-0.39, 0.29) is 52.3 Å². The first kappa shape index (κ1) is 32.4. The standard InChI is InChI=1S/C36H62N2O4/c1-31(2)14-16-36(30(42)37-18-19-38(20-22-39)21-23-40)17-15-34(6)25(26(36)24-31)8-9-28-33(5)12-11-29(41)32(3,4)27(33)10-13-35(28,34)7/h27-29,39-41H,8-24H2,1-7H3,(H,37,42)/t27-,28+,29-,33-,34+,35+,36-/m0/s1. The zero-order valence-corrected chi connectivity index (χ0v) is 27.9. The normalized spacial score (nSPS) is 42.3. The molecule has 0 unspecified atom stereocenters. The highest BCUT2D eigenvalue weighted by molar-refractivity contribution is 5.87. The topological polar surface area (TPSA) is 93.0 Å². The molecule has 4 saturated carbocycles. The number of allylic oxidation sites excluding steroid dienone is 1. The van der Waals surface area contributed by atoms with E-state index >= 15 is 0 Å². The van der Waals surface area contributed by atoms with Gasteiger partial charge in [-0.2, -0.15) is 0 Å². The highest BCUT2D eigenvalue weighted by atomic mass is 16.3. The largest absolute Gasteiger partial charge is 0.395 e. The van der Waals surface area contributed by atoms with Crippen molar-refractivity contribution in [3.63, 3.8) is 0 Å². The number of hydrogen-bond acceptors (Lipinski definition) is 5. The number of nitrogens with one attached hydrogen (secondary N) is 1. The molecule has 0 aromatic carbocycles. The van der Waals surface area contributed by atoms with E-state index in [9.17, 15) is 20.1 Å². The van der Waals surface area contributed by atoms with Gasteiger partial charge in [0.2, 0.25) is 5.91 Å². The minimum absolute atomic E-state index is 0.0366. The second-order valence-electron chi connectivity index (χ2n) is 17.2. The summed E-state index contributed by atoms with van der Waals surface area (Å²) in [6, 6.07) is 0. The fraction of sp³-hybridized carbons (Fsp3) is 0.917. The Bertz CT molecular complexity index is 1060. The first-order chi connectivity index (χ1) is 19.6. The van der Waals surface area contributed by atoms with Crippen LogP contribution in [-0.4, -0.2) is 71.6 Å². The summed E-state index contributed by atoms with van der Waals surface area (Å²) in [5, 5.41) is 33.2. The van der Waals surface area contributed by atoms with Gasteiger partial charge in [-0.3, -0.25) is 9.69 Å². The minimum atomic E-state index is -0.398. The molecule has 0 bridgehead atoms. The van der Waals surface area contributed by atoms with Crippen LogP contribution in [0.3, 0.4) is 0 Å². The van der Waals surface area contributed by atoms with Crippen molar-refractivity contribution >= 4 is 5.91 Å². The maximum absolute atomic E-state index is 14.3. The molecule has 0 saturated heterocycles. The number of aliphatic hydroxyl groups is 3. The van der Waals surface area contributed by atoms with Gasteiger partial charge in [0.15, 0.2) is 0 Å². The van der Waals surface area contributed by atoms with E-state index in [2.05, 4.69) is 53.8 Å². The van der Waals surface area contributed by atoms with Gasteiger partial charge in [-0.1, -0.05) is 59.6 Å². The Balaban J connectivity index is 1.47. The van der Waals surface area contributed by atoms with Crippen molar-refractivity contribution in [1.29, 1.82) is 0 Å². The second kappa shape index (κ2) is 11.1. The van der Waals surface area contributed by atoms with Crippen LogP contribution in [0.2, 0.25) is 0 Å². The molecule has 0 radical (unpaired) electrons. The molecule has 4 N–H and O–H groups in total. The Kier molecular flexibility index (Phi) is 8.60. The molecule has 0 aromatic heterocycles. The number of aliphatic hydroxyl groups excluding tert-OH is 3. The third-order valence-corrected chi connectivity index (χ3v) is 14.5. The SMILES string of the molecule is CC1(C)CC[C@]2(C(=O)NCCN(CCO)CCO)CC[C@]3(C)C(=C2C1)CC[C@@H]1[C@@]2(C)CC[C@H](O)C(C)(C)[C@@H]2CC[C@]13C. The number of fused-ring (bicyclic) bond motifs is 6. The first-order valence-electron chi connectivity index (χ1n) is 17.2. The number of carbonyl (C=O) groups is 1. The molecule has 5 aliphatic rings. The van der Waals surface area contributed by atoms with E-state index in [1.165, 1.54) is 24.8 Å². The summed E-state index contributed by atoms with van der Waals surface area (Å²) in [6.07, 6.45) is 11.6. The molecule has 240 valence electrons. The van der Waals surface area contributed by atoms with Crippen LogP contribution in [0.25, 0.3) is 0 Å². The van der Waals surface area contributed by atoms with E-state index in [1.54, 1.807) is 5.57 Å². The Morgan fingerprint density at radius 3 is 2.14 bits per heavy atom. The van der Waals surface area contributed by atoms with E-state index in [1.807, 2.05) is 4.90 Å². The molecule has 6 nitrogen and oxygen atoms in total. The molecule has 6 heteroatoms. The molecule has 4 fully saturated rings. The van der Waals surface area contributed by atoms with Crippen LogP contribution in [0.1, 0.15) is 119 Å². The van der Waals surface area contributed by atoms with Gasteiger partial charge >= 0.3 is 0 Å². The molecule has 0 aromatic rings. The fourth-order valence-electron chi connectivity index (χ4n) is 11.7. The van der Waals surface area contributed by atoms with Crippen LogP contribution in [-0.2, 0) is 4.79 Å². The van der Waals surface area contributed by atoms with E-state index in [4.69, 9.17) is 0 Å². The number of rotatable bonds is 8. The number of amides is 1. The van der Waals surface area contributed by atoms with Gasteiger partial charge < -0.3 is 20.6 Å². The Morgan fingerprint density at radius 2 is 1.48 bits per heavy atom. The quantitative estimate of drug-likeness (QED) is 0.274. The number of carbonyl (C=O) groups excluding carboxylic acids is 1. The summed E-state index contributed by atoms with van der Waals surface area (Å²) in [7, 11) is 0. The van der Waals surface area contributed by atoms with Crippen LogP contribution < -0.4 is 5.32 Å². The molecule has 5 rings (SSSR count). The minimum Gasteiger partial charge on any atom is -0.395 e. The molecule has 0 heterocycles. The first-order valence-corrected chi connectivity index (χ1v) is 17.2. The Hall–Kier alpha value is -0.950. The number of hydrogen-bond donors (Lipinski definition) is 4. The lowest BCUT2D eigenvalue weighted by atomic mass is 9.34. The van der Waals surface area contributed by atoms with Crippen molar-refractivity contribution in [3.05, 3.63) is 11.1 Å². The third kappa shape index (κ3) is 4.84. The average molecular weight is 587 g/mol. The predicted molar refractivity (Wildman–Crippen MR) is 169 cm³/mol. The molecule has 0 aliphatic heterocycles. The van der Waals surface area contributed by atoms with Gasteiger partial charge in [0.25, 0.3) is 0 Å². The Morgan fingerprint density at radius 1 is 0.810 bits per heavy atom. The molecule has 1 amide bonds. The monoisotopic (exact) mass is 586 g/mol. The summed E-state index contributed by atoms with van der Waals surface area (Å²) < 4.78 is 0. The van der Waals surface area contributed by atoms with E-state index in [0.29, 0.717) is 38.0 Å². The Labute approximate surface area is 256 Å². The predicted octanol–water partition coefficient (Wildman–Crippen LogP) is 5.70. The molecule has 0 spiro atoms. The van der Waals surface area contributed by atoms with Crippen LogP contribution in [0, 0.1) is 44.3 Å². The van der Waals surface area contributed by atoms with Crippen molar-refractivity contribution in [2.24, 2.45) is 44.3 Å². The summed E-state index contributed by atoms with van der Waals surface area (Å²) >= 11 is 0. The molecule has 7 atom stereocenters. The summed E-state index contributed by atoms with van der Waals surface area (Å²) in [6.45, 7) is 19.5. The van der Waals surface area contributed by atoms with Gasteiger partial charge in [0.1, 0.15) is 0 Å². The molecule has 5 aliphatic carbocycles. The second-order valence-corrected chi connectivity index (χ2v) is 17.2. The van der Waals surface area contributed by atoms with Crippen LogP contribution in [0.15, 0.2) is 11.1 Å². The fourth-order valence-corrected chi connectivity index (χ4v) is 11.7. The number of nitrogens with zero attached hydrogens (tertiary/aromatic N) is 1. The lowest BCUT2D eigenvalue weighted by Gasteiger charge is -2.71. The maximum Gasteiger partial charge on any atom is 0.230 e. The maximum atomic E-state index is 14.3. The van der Waals surface area contributed by atoms with Crippen LogP contribution in [0.5, 0.6) is 0 Å². The average Bonchev–Trinajstić information content (AvgIpc) is 2.91. The third-order valence-electron chi connectivity index (χ3n) is 14.5. The van der Waals surface area contributed by atoms with Crippen molar-refractivity contribution < 1.29 is 20.1 Å². The lowest BCUT2D eigenvalue weighted by molar-refractivity contribution is -0.204. The van der Waals surface area contributed by atoms with E-state index in [0.717, 1.165) is 51.4 Å². The summed E-state index contributed by atoms with van der Waals surface area (Å²) in [4.78, 5) is 16.3. The zero-order valence-electron chi connectivity index (χ0n) is 27.9. The van der Waals surface area contributed by atoms with Gasteiger partial charge in [0.05, 0.1) is 24.7 Å². The van der Waals surface area contributed by atoms with Crippen LogP contribution >= 0.6 is 0 Å². The van der Waals surface area contributed by atoms with Crippen LogP contribution in [0.4, 0.5) is 0 Å². The lowest BCUT2D eigenvalue weighted by Crippen LogP contribution is -2.64. The smallest absolute Gasteiger partial charge is 0.230 e. The molecular weight excluding hydrogens is 524 g/mol. The van der Waals surface area contributed by atoms with Crippen molar-refractivity contribution in [2.45, 2.75) is 125 Å². The van der Waals surface area contributed by atoms with E-state index < -0.39 is 5.41 Å². The molecular formula is C36H62N2O4. The van der Waals surface area contributed by atoms with Gasteiger partial charge in [-0.15, -0.1) is 0 Å².